The van der Waals surface area contributed by atoms with E-state index in [2.05, 4.69) is 15.5 Å². The molecule has 1 aliphatic heterocycles. The van der Waals surface area contributed by atoms with E-state index in [1.807, 2.05) is 30.3 Å². The summed E-state index contributed by atoms with van der Waals surface area (Å²) in [4.78, 5) is 37.5. The second kappa shape index (κ2) is 6.49. The summed E-state index contributed by atoms with van der Waals surface area (Å²) >= 11 is 0. The Morgan fingerprint density at radius 3 is 2.74 bits per heavy atom. The number of amides is 3. The maximum Gasteiger partial charge on any atom is 0.326 e. The first-order valence-corrected chi connectivity index (χ1v) is 8.65. The molecule has 3 amide bonds. The monoisotopic (exact) mass is 370 g/mol. The molecule has 4 rings (SSSR count). The van der Waals surface area contributed by atoms with Crippen molar-refractivity contribution in [3.05, 3.63) is 36.2 Å². The smallest absolute Gasteiger partial charge is 0.326 e. The average Bonchev–Trinajstić information content (AvgIpc) is 3.38. The molecule has 140 valence electrons. The summed E-state index contributed by atoms with van der Waals surface area (Å²) in [6.07, 6.45) is 1.78. The van der Waals surface area contributed by atoms with Crippen LogP contribution in [-0.4, -0.2) is 45.1 Å². The third-order valence-electron chi connectivity index (χ3n) is 4.83. The van der Waals surface area contributed by atoms with Crippen LogP contribution in [0.1, 0.15) is 25.7 Å². The fraction of sp³-hybridized carbons (Fsp3) is 0.389. The topological polar surface area (TPSA) is 115 Å². The van der Waals surface area contributed by atoms with Crippen LogP contribution in [0.4, 0.5) is 4.79 Å². The largest absolute Gasteiger partial charge is 0.454 e. The zero-order valence-corrected chi connectivity index (χ0v) is 14.7. The predicted molar refractivity (Wildman–Crippen MR) is 90.9 cm³/mol. The van der Waals surface area contributed by atoms with Crippen molar-refractivity contribution in [2.45, 2.75) is 31.9 Å². The van der Waals surface area contributed by atoms with Crippen molar-refractivity contribution in [3.63, 3.8) is 0 Å². The van der Waals surface area contributed by atoms with Crippen molar-refractivity contribution in [1.82, 2.24) is 20.4 Å². The summed E-state index contributed by atoms with van der Waals surface area (Å²) < 4.78 is 10.5. The Morgan fingerprint density at radius 2 is 2.04 bits per heavy atom. The predicted octanol–water partition coefficient (Wildman–Crippen LogP) is 1.50. The zero-order chi connectivity index (χ0) is 19.0. The Labute approximate surface area is 154 Å². The Balaban J connectivity index is 1.33. The van der Waals surface area contributed by atoms with Crippen molar-refractivity contribution in [2.24, 2.45) is 5.92 Å². The number of benzene rings is 1. The summed E-state index contributed by atoms with van der Waals surface area (Å²) in [6.45, 7) is 1.01. The van der Waals surface area contributed by atoms with E-state index < -0.39 is 30.0 Å². The van der Waals surface area contributed by atoms with Crippen LogP contribution in [0.3, 0.4) is 0 Å². The molecule has 2 heterocycles. The molecule has 0 radical (unpaired) electrons. The minimum Gasteiger partial charge on any atom is -0.454 e. The molecule has 0 spiro atoms. The van der Waals surface area contributed by atoms with E-state index in [1.165, 1.54) is 0 Å². The van der Waals surface area contributed by atoms with E-state index in [9.17, 15) is 14.4 Å². The minimum absolute atomic E-state index is 0.127. The van der Waals surface area contributed by atoms with Crippen LogP contribution in [0.15, 0.2) is 34.7 Å². The first-order valence-electron chi connectivity index (χ1n) is 8.65. The van der Waals surface area contributed by atoms with Gasteiger partial charge in [-0.25, -0.2) is 4.79 Å². The molecule has 2 fully saturated rings. The summed E-state index contributed by atoms with van der Waals surface area (Å²) in [5.41, 5.74) is -0.171. The molecule has 9 nitrogen and oxygen atoms in total. The lowest BCUT2D eigenvalue weighted by atomic mass is 9.96. The highest BCUT2D eigenvalue weighted by molar-refractivity contribution is 6.08. The molecular weight excluding hydrogens is 352 g/mol. The second-order valence-corrected chi connectivity index (χ2v) is 6.83. The summed E-state index contributed by atoms with van der Waals surface area (Å²) in [7, 11) is 0. The number of nitrogens with one attached hydrogen (secondary N) is 1. The summed E-state index contributed by atoms with van der Waals surface area (Å²) in [6, 6.07) is 8.61. The van der Waals surface area contributed by atoms with Crippen molar-refractivity contribution in [2.75, 3.05) is 6.54 Å². The Hall–Kier alpha value is -3.23. The van der Waals surface area contributed by atoms with Gasteiger partial charge in [0.05, 0.1) is 0 Å². The van der Waals surface area contributed by atoms with Gasteiger partial charge < -0.3 is 14.5 Å². The lowest BCUT2D eigenvalue weighted by molar-refractivity contribution is -0.149. The first kappa shape index (κ1) is 17.2. The summed E-state index contributed by atoms with van der Waals surface area (Å²) in [5.74, 6) is -0.544. The van der Waals surface area contributed by atoms with Gasteiger partial charge in [-0.1, -0.05) is 18.2 Å². The van der Waals surface area contributed by atoms with Gasteiger partial charge in [0.15, 0.2) is 6.61 Å². The van der Waals surface area contributed by atoms with E-state index in [1.54, 1.807) is 6.92 Å². The average molecular weight is 370 g/mol. The molecule has 2 aliphatic rings. The van der Waals surface area contributed by atoms with Gasteiger partial charge in [-0.15, -0.1) is 10.2 Å². The van der Waals surface area contributed by atoms with Gasteiger partial charge in [0, 0.05) is 5.56 Å². The van der Waals surface area contributed by atoms with E-state index in [-0.39, 0.29) is 18.4 Å². The standard InChI is InChI=1S/C18H18N4O5/c1-18(12-7-8-12)16(24)22(17(25)19-18)9-14(23)26-10-13-20-21-15(27-13)11-5-3-2-4-6-11/h2-6,12H,7-10H2,1H3,(H,19,25)/t18-/m0/s1. The lowest BCUT2D eigenvalue weighted by Gasteiger charge is -2.20. The number of hydrogen-bond acceptors (Lipinski definition) is 7. The van der Waals surface area contributed by atoms with Gasteiger partial charge in [-0.3, -0.25) is 14.5 Å². The molecule has 9 heteroatoms. The fourth-order valence-electron chi connectivity index (χ4n) is 3.12. The van der Waals surface area contributed by atoms with Gasteiger partial charge in [0.1, 0.15) is 12.1 Å². The van der Waals surface area contributed by atoms with Crippen molar-refractivity contribution in [1.29, 1.82) is 0 Å². The molecule has 1 aromatic heterocycles. The van der Waals surface area contributed by atoms with E-state index in [0.29, 0.717) is 5.89 Å². The number of imide groups is 1. The quantitative estimate of drug-likeness (QED) is 0.605. The van der Waals surface area contributed by atoms with Crippen LogP contribution in [0.2, 0.25) is 0 Å². The van der Waals surface area contributed by atoms with Crippen LogP contribution in [0.25, 0.3) is 11.5 Å². The SMILES string of the molecule is C[C@@]1(C2CC2)NC(=O)N(CC(=O)OCc2nnc(-c3ccccc3)o2)C1=O. The van der Waals surface area contributed by atoms with Crippen LogP contribution in [-0.2, 0) is 20.9 Å². The van der Waals surface area contributed by atoms with Gasteiger partial charge >= 0.3 is 12.0 Å². The highest BCUT2D eigenvalue weighted by Crippen LogP contribution is 2.42. The molecule has 1 saturated heterocycles. The molecule has 1 aromatic carbocycles. The van der Waals surface area contributed by atoms with Crippen molar-refractivity contribution < 1.29 is 23.5 Å². The Kier molecular flexibility index (Phi) is 4.14. The normalized spacial score (nSPS) is 22.0. The molecule has 1 atom stereocenters. The first-order chi connectivity index (χ1) is 13.0. The Morgan fingerprint density at radius 1 is 1.30 bits per heavy atom. The van der Waals surface area contributed by atoms with Gasteiger partial charge in [0.25, 0.3) is 11.8 Å². The maximum atomic E-state index is 12.5. The number of ether oxygens (including phenoxy) is 1. The van der Waals surface area contributed by atoms with Crippen molar-refractivity contribution in [3.8, 4) is 11.5 Å². The number of urea groups is 1. The third kappa shape index (κ3) is 3.27. The number of carbonyl (C=O) groups excluding carboxylic acids is 3. The molecule has 27 heavy (non-hydrogen) atoms. The van der Waals surface area contributed by atoms with Crippen LogP contribution in [0, 0.1) is 5.92 Å². The van der Waals surface area contributed by atoms with E-state index in [0.717, 1.165) is 23.3 Å². The number of carbonyl (C=O) groups is 3. The number of nitrogens with zero attached hydrogens (tertiary/aromatic N) is 3. The number of hydrogen-bond donors (Lipinski definition) is 1. The van der Waals surface area contributed by atoms with Crippen LogP contribution >= 0.6 is 0 Å². The van der Waals surface area contributed by atoms with Gasteiger partial charge in [0.2, 0.25) is 5.89 Å². The highest BCUT2D eigenvalue weighted by atomic mass is 16.5. The Bertz CT molecular complexity index is 892. The minimum atomic E-state index is -0.922. The van der Waals surface area contributed by atoms with E-state index in [4.69, 9.17) is 9.15 Å². The highest BCUT2D eigenvalue weighted by Gasteiger charge is 2.56. The van der Waals surface area contributed by atoms with Crippen LogP contribution < -0.4 is 5.32 Å². The second-order valence-electron chi connectivity index (χ2n) is 6.83. The zero-order valence-electron chi connectivity index (χ0n) is 14.7. The molecule has 2 aromatic rings. The molecule has 1 saturated carbocycles. The van der Waals surface area contributed by atoms with Crippen LogP contribution in [0.5, 0.6) is 0 Å². The number of esters is 1. The van der Waals surface area contributed by atoms with Crippen molar-refractivity contribution >= 4 is 17.9 Å². The van der Waals surface area contributed by atoms with Gasteiger partial charge in [-0.05, 0) is 37.8 Å². The molecular formula is C18H18N4O5. The fourth-order valence-corrected chi connectivity index (χ4v) is 3.12. The number of rotatable bonds is 6. The maximum absolute atomic E-state index is 12.5. The number of aromatic nitrogens is 2. The third-order valence-corrected chi connectivity index (χ3v) is 4.83. The molecule has 0 unspecified atom stereocenters. The molecule has 1 aliphatic carbocycles. The molecule has 0 bridgehead atoms. The van der Waals surface area contributed by atoms with E-state index >= 15 is 0 Å². The van der Waals surface area contributed by atoms with Gasteiger partial charge in [-0.2, -0.15) is 0 Å². The summed E-state index contributed by atoms with van der Waals surface area (Å²) in [5, 5.41) is 10.4. The lowest BCUT2D eigenvalue weighted by Crippen LogP contribution is -2.46. The molecule has 1 N–H and O–H groups in total.